The normalized spacial score (nSPS) is 25.0. The fourth-order valence-electron chi connectivity index (χ4n) is 3.91. The molecule has 5 rings (SSSR count). The van der Waals surface area contributed by atoms with Crippen LogP contribution in [0.3, 0.4) is 0 Å². The van der Waals surface area contributed by atoms with Crippen LogP contribution in [0.5, 0.6) is 5.75 Å². The summed E-state index contributed by atoms with van der Waals surface area (Å²) in [6, 6.07) is 7.83. The number of anilines is 3. The topological polar surface area (TPSA) is 101 Å². The number of benzene rings is 2. The number of rotatable bonds is 5. The summed E-state index contributed by atoms with van der Waals surface area (Å²) in [5, 5.41) is 3.82. The summed E-state index contributed by atoms with van der Waals surface area (Å²) in [5.74, 6) is 0.505. The smallest absolute Gasteiger partial charge is 0.151 e. The highest BCUT2D eigenvalue weighted by atomic mass is 35.5. The van der Waals surface area contributed by atoms with Crippen LogP contribution in [0.2, 0.25) is 5.02 Å². The highest BCUT2D eigenvalue weighted by molar-refractivity contribution is 6.31. The van der Waals surface area contributed by atoms with Gasteiger partial charge in [0.2, 0.25) is 0 Å². The van der Waals surface area contributed by atoms with E-state index in [4.69, 9.17) is 36.3 Å². The second-order valence-electron chi connectivity index (χ2n) is 7.41. The van der Waals surface area contributed by atoms with Crippen molar-refractivity contribution in [2.45, 2.75) is 24.4 Å². The van der Waals surface area contributed by atoms with E-state index in [1.165, 1.54) is 18.5 Å². The molecule has 8 nitrogen and oxygen atoms in total. The Morgan fingerprint density at radius 3 is 2.68 bits per heavy atom. The molecule has 0 unspecified atom stereocenters. The standard InChI is InChI=1S/C21H20ClFN4O4/c1-28-17-7-29-20-18(8-30-19(17)20)31-16-6-15-11(5-14(16)24)21(26-9-25-15)27-10-2-3-13(23)12(22)4-10/h2-6,9,17-20H,7-8,24H2,1H3,(H,25,26,27)/t17-,18+,19+,20+/m1/s1. The number of hydrogen-bond acceptors (Lipinski definition) is 8. The summed E-state index contributed by atoms with van der Waals surface area (Å²) < 4.78 is 36.6. The molecule has 10 heteroatoms. The first-order valence-corrected chi connectivity index (χ1v) is 10.1. The van der Waals surface area contributed by atoms with Gasteiger partial charge < -0.3 is 30.0 Å². The Hall–Kier alpha value is -2.72. The van der Waals surface area contributed by atoms with Crippen LogP contribution in [0.25, 0.3) is 10.9 Å². The molecular formula is C21H20ClFN4O4. The lowest BCUT2D eigenvalue weighted by Crippen LogP contribution is -2.35. The molecule has 31 heavy (non-hydrogen) atoms. The van der Waals surface area contributed by atoms with Crippen molar-refractivity contribution in [2.24, 2.45) is 0 Å². The maximum atomic E-state index is 13.4. The molecule has 2 aliphatic heterocycles. The molecule has 1 aromatic heterocycles. The van der Waals surface area contributed by atoms with Crippen molar-refractivity contribution in [1.29, 1.82) is 0 Å². The zero-order valence-corrected chi connectivity index (χ0v) is 17.3. The minimum Gasteiger partial charge on any atom is -0.483 e. The summed E-state index contributed by atoms with van der Waals surface area (Å²) in [6.45, 7) is 0.850. The molecule has 3 N–H and O–H groups in total. The number of hydrogen-bond donors (Lipinski definition) is 2. The number of fused-ring (bicyclic) bond motifs is 2. The van der Waals surface area contributed by atoms with E-state index < -0.39 is 5.82 Å². The van der Waals surface area contributed by atoms with E-state index in [9.17, 15) is 4.39 Å². The van der Waals surface area contributed by atoms with Crippen molar-refractivity contribution >= 4 is 39.7 Å². The summed E-state index contributed by atoms with van der Waals surface area (Å²) in [5.41, 5.74) is 7.92. The largest absolute Gasteiger partial charge is 0.483 e. The van der Waals surface area contributed by atoms with Crippen LogP contribution >= 0.6 is 11.6 Å². The summed E-state index contributed by atoms with van der Waals surface area (Å²) in [7, 11) is 1.64. The Bertz CT molecular complexity index is 1130. The molecule has 3 heterocycles. The second kappa shape index (κ2) is 8.08. The molecule has 0 saturated carbocycles. The molecule has 0 radical (unpaired) electrons. The molecule has 0 amide bonds. The van der Waals surface area contributed by atoms with Crippen LogP contribution in [-0.2, 0) is 14.2 Å². The van der Waals surface area contributed by atoms with Gasteiger partial charge in [-0.15, -0.1) is 0 Å². The number of nitrogens with zero attached hydrogens (tertiary/aromatic N) is 2. The van der Waals surface area contributed by atoms with E-state index in [2.05, 4.69) is 15.3 Å². The van der Waals surface area contributed by atoms with E-state index >= 15 is 0 Å². The molecule has 2 aliphatic rings. The first-order valence-electron chi connectivity index (χ1n) is 9.72. The Kier molecular flexibility index (Phi) is 5.27. The van der Waals surface area contributed by atoms with Crippen LogP contribution in [-0.4, -0.2) is 54.7 Å². The number of nitrogen functional groups attached to an aromatic ring is 1. The molecule has 2 aromatic carbocycles. The van der Waals surface area contributed by atoms with E-state index in [-0.39, 0.29) is 29.4 Å². The molecule has 0 spiro atoms. The molecule has 3 aromatic rings. The second-order valence-corrected chi connectivity index (χ2v) is 7.82. The lowest BCUT2D eigenvalue weighted by atomic mass is 10.1. The number of nitrogens with one attached hydrogen (secondary N) is 1. The van der Waals surface area contributed by atoms with Crippen molar-refractivity contribution in [3.8, 4) is 5.75 Å². The number of methoxy groups -OCH3 is 1. The molecule has 162 valence electrons. The average molecular weight is 447 g/mol. The first kappa shape index (κ1) is 20.2. The van der Waals surface area contributed by atoms with Gasteiger partial charge in [0.25, 0.3) is 0 Å². The third kappa shape index (κ3) is 3.74. The maximum absolute atomic E-state index is 13.4. The fourth-order valence-corrected chi connectivity index (χ4v) is 4.09. The van der Waals surface area contributed by atoms with Gasteiger partial charge in [0.1, 0.15) is 42.0 Å². The van der Waals surface area contributed by atoms with Gasteiger partial charge in [0.05, 0.1) is 29.4 Å². The number of halogens is 2. The first-order chi connectivity index (χ1) is 15.0. The molecule has 0 bridgehead atoms. The van der Waals surface area contributed by atoms with Crippen molar-refractivity contribution in [3.63, 3.8) is 0 Å². The van der Waals surface area contributed by atoms with Crippen molar-refractivity contribution in [3.05, 3.63) is 47.5 Å². The van der Waals surface area contributed by atoms with Crippen molar-refractivity contribution in [2.75, 3.05) is 31.4 Å². The molecule has 4 atom stereocenters. The van der Waals surface area contributed by atoms with Crippen LogP contribution in [0.4, 0.5) is 21.6 Å². The maximum Gasteiger partial charge on any atom is 0.151 e. The minimum absolute atomic E-state index is 0.0143. The monoisotopic (exact) mass is 446 g/mol. The average Bonchev–Trinajstić information content (AvgIpc) is 3.34. The third-order valence-corrected chi connectivity index (χ3v) is 5.78. The van der Waals surface area contributed by atoms with Gasteiger partial charge in [-0.3, -0.25) is 0 Å². The predicted octanol–water partition coefficient (Wildman–Crippen LogP) is 3.31. The number of ether oxygens (including phenoxy) is 4. The Morgan fingerprint density at radius 1 is 1.13 bits per heavy atom. The van der Waals surface area contributed by atoms with E-state index in [0.29, 0.717) is 47.1 Å². The molecule has 2 saturated heterocycles. The van der Waals surface area contributed by atoms with Gasteiger partial charge in [0.15, 0.2) is 6.10 Å². The Balaban J connectivity index is 1.40. The van der Waals surface area contributed by atoms with Gasteiger partial charge in [-0.1, -0.05) is 11.6 Å². The zero-order valence-electron chi connectivity index (χ0n) is 16.5. The fraction of sp³-hybridized carbons (Fsp3) is 0.333. The van der Waals surface area contributed by atoms with Gasteiger partial charge in [-0.2, -0.15) is 0 Å². The van der Waals surface area contributed by atoms with Crippen molar-refractivity contribution < 1.29 is 23.3 Å². The van der Waals surface area contributed by atoms with Crippen LogP contribution in [0.1, 0.15) is 0 Å². The lowest BCUT2D eigenvalue weighted by Gasteiger charge is -2.19. The van der Waals surface area contributed by atoms with Crippen LogP contribution in [0.15, 0.2) is 36.7 Å². The van der Waals surface area contributed by atoms with E-state index in [1.54, 1.807) is 25.3 Å². The molecule has 0 aliphatic carbocycles. The quantitative estimate of drug-likeness (QED) is 0.576. The number of aromatic nitrogens is 2. The number of nitrogens with two attached hydrogens (primary N) is 1. The van der Waals surface area contributed by atoms with Crippen LogP contribution < -0.4 is 15.8 Å². The predicted molar refractivity (Wildman–Crippen MR) is 113 cm³/mol. The van der Waals surface area contributed by atoms with E-state index in [0.717, 1.165) is 0 Å². The highest BCUT2D eigenvalue weighted by Gasteiger charge is 2.49. The van der Waals surface area contributed by atoms with Gasteiger partial charge in [-0.25, -0.2) is 14.4 Å². The Labute approximate surface area is 182 Å². The molecule has 2 fully saturated rings. The summed E-state index contributed by atoms with van der Waals surface area (Å²) >= 11 is 5.87. The van der Waals surface area contributed by atoms with Crippen LogP contribution in [0, 0.1) is 5.82 Å². The molecular weight excluding hydrogens is 427 g/mol. The SMILES string of the molecule is CO[C@@H]1CO[C@@H]2[C@H]1OC[C@@H]2Oc1cc2ncnc(Nc3ccc(F)c(Cl)c3)c2cc1N. The van der Waals surface area contributed by atoms with Gasteiger partial charge in [0, 0.05) is 24.2 Å². The third-order valence-electron chi connectivity index (χ3n) is 5.49. The Morgan fingerprint density at radius 2 is 1.90 bits per heavy atom. The van der Waals surface area contributed by atoms with Gasteiger partial charge >= 0.3 is 0 Å². The highest BCUT2D eigenvalue weighted by Crippen LogP contribution is 2.36. The summed E-state index contributed by atoms with van der Waals surface area (Å²) in [4.78, 5) is 8.61. The minimum atomic E-state index is -0.494. The summed E-state index contributed by atoms with van der Waals surface area (Å²) in [6.07, 6.45) is 0.649. The zero-order chi connectivity index (χ0) is 21.5. The van der Waals surface area contributed by atoms with Gasteiger partial charge in [-0.05, 0) is 24.3 Å². The van der Waals surface area contributed by atoms with Crippen molar-refractivity contribution in [1.82, 2.24) is 9.97 Å². The van der Waals surface area contributed by atoms with E-state index in [1.807, 2.05) is 0 Å². The lowest BCUT2D eigenvalue weighted by molar-refractivity contribution is -0.0137.